The third-order valence-electron chi connectivity index (χ3n) is 3.98. The molecule has 0 saturated heterocycles. The summed E-state index contributed by atoms with van der Waals surface area (Å²) >= 11 is 0. The van der Waals surface area contributed by atoms with Gasteiger partial charge in [0, 0.05) is 0 Å². The molecule has 2 aromatic rings. The highest BCUT2D eigenvalue weighted by Gasteiger charge is 2.22. The Kier molecular flexibility index (Phi) is 2.51. The van der Waals surface area contributed by atoms with Crippen LogP contribution in [-0.2, 0) is 0 Å². The largest absolute Gasteiger partial charge is 0.0619 e. The van der Waals surface area contributed by atoms with Crippen LogP contribution in [0.5, 0.6) is 0 Å². The molecule has 0 nitrogen and oxygen atoms in total. The lowest BCUT2D eigenvalue weighted by molar-refractivity contribution is 0.602. The second-order valence-corrected chi connectivity index (χ2v) is 5.21. The average molecular weight is 222 g/mol. The highest BCUT2D eigenvalue weighted by Crippen LogP contribution is 2.42. The van der Waals surface area contributed by atoms with Crippen molar-refractivity contribution in [2.24, 2.45) is 0 Å². The van der Waals surface area contributed by atoms with Crippen LogP contribution >= 0.6 is 0 Å². The molecule has 0 heteroatoms. The minimum Gasteiger partial charge on any atom is -0.0619 e. The van der Waals surface area contributed by atoms with Crippen molar-refractivity contribution in [3.05, 3.63) is 59.7 Å². The second-order valence-electron chi connectivity index (χ2n) is 5.21. The van der Waals surface area contributed by atoms with Gasteiger partial charge in [-0.15, -0.1) is 0 Å². The molecule has 2 unspecified atom stereocenters. The predicted octanol–water partition coefficient (Wildman–Crippen LogP) is 4.96. The molecule has 0 spiro atoms. The third-order valence-corrected chi connectivity index (χ3v) is 3.98. The summed E-state index contributed by atoms with van der Waals surface area (Å²) in [6.45, 7) is 4.70. The summed E-state index contributed by atoms with van der Waals surface area (Å²) in [6.07, 6.45) is 1.24. The lowest BCUT2D eigenvalue weighted by Crippen LogP contribution is -1.97. The summed E-state index contributed by atoms with van der Waals surface area (Å²) in [7, 11) is 0. The number of rotatable bonds is 0. The molecule has 0 bridgehead atoms. The van der Waals surface area contributed by atoms with Gasteiger partial charge in [0.05, 0.1) is 0 Å². The summed E-state index contributed by atoms with van der Waals surface area (Å²) in [5.74, 6) is 1.29. The fraction of sp³-hybridized carbons (Fsp3) is 0.294. The Hall–Kier alpha value is -1.56. The van der Waals surface area contributed by atoms with Crippen LogP contribution in [0.25, 0.3) is 11.1 Å². The predicted molar refractivity (Wildman–Crippen MR) is 73.3 cm³/mol. The van der Waals surface area contributed by atoms with Crippen LogP contribution in [-0.4, -0.2) is 0 Å². The quantitative estimate of drug-likeness (QED) is 0.590. The Bertz CT molecular complexity index is 490. The zero-order valence-electron chi connectivity index (χ0n) is 10.5. The van der Waals surface area contributed by atoms with E-state index < -0.39 is 0 Å². The second kappa shape index (κ2) is 4.03. The van der Waals surface area contributed by atoms with Crippen molar-refractivity contribution >= 4 is 0 Å². The van der Waals surface area contributed by atoms with E-state index in [1.54, 1.807) is 0 Å². The average Bonchev–Trinajstić information content (AvgIpc) is 2.48. The van der Waals surface area contributed by atoms with Gasteiger partial charge < -0.3 is 0 Å². The SMILES string of the molecule is CC1CC(C)c2ccccc2-c2ccccc21. The van der Waals surface area contributed by atoms with E-state index in [-0.39, 0.29) is 0 Å². The van der Waals surface area contributed by atoms with E-state index in [0.717, 1.165) is 0 Å². The summed E-state index contributed by atoms with van der Waals surface area (Å²) < 4.78 is 0. The van der Waals surface area contributed by atoms with Crippen LogP contribution < -0.4 is 0 Å². The van der Waals surface area contributed by atoms with Crippen molar-refractivity contribution in [1.82, 2.24) is 0 Å². The molecule has 0 amide bonds. The zero-order chi connectivity index (χ0) is 11.8. The fourth-order valence-corrected chi connectivity index (χ4v) is 3.13. The van der Waals surface area contributed by atoms with Gasteiger partial charge >= 0.3 is 0 Å². The minimum atomic E-state index is 0.647. The van der Waals surface area contributed by atoms with Crippen LogP contribution in [0.1, 0.15) is 43.2 Å². The Labute approximate surface area is 103 Å². The van der Waals surface area contributed by atoms with Crippen molar-refractivity contribution in [2.75, 3.05) is 0 Å². The van der Waals surface area contributed by atoms with E-state index in [1.807, 2.05) is 0 Å². The van der Waals surface area contributed by atoms with E-state index in [4.69, 9.17) is 0 Å². The molecular weight excluding hydrogens is 204 g/mol. The Morgan fingerprint density at radius 1 is 0.706 bits per heavy atom. The van der Waals surface area contributed by atoms with Crippen LogP contribution in [0.15, 0.2) is 48.5 Å². The Balaban J connectivity index is 2.30. The maximum atomic E-state index is 2.35. The van der Waals surface area contributed by atoms with Crippen molar-refractivity contribution in [3.63, 3.8) is 0 Å². The van der Waals surface area contributed by atoms with E-state index in [0.29, 0.717) is 11.8 Å². The van der Waals surface area contributed by atoms with Crippen molar-refractivity contribution in [1.29, 1.82) is 0 Å². The molecule has 1 aliphatic carbocycles. The summed E-state index contributed by atoms with van der Waals surface area (Å²) in [5, 5.41) is 0. The van der Waals surface area contributed by atoms with E-state index in [1.165, 1.54) is 28.7 Å². The molecule has 1 aliphatic rings. The highest BCUT2D eigenvalue weighted by atomic mass is 14.3. The smallest absolute Gasteiger partial charge is 0.0146 e. The molecule has 2 aromatic carbocycles. The van der Waals surface area contributed by atoms with Crippen LogP contribution in [0, 0.1) is 0 Å². The maximum Gasteiger partial charge on any atom is -0.0146 e. The number of hydrogen-bond acceptors (Lipinski definition) is 0. The first-order valence-electron chi connectivity index (χ1n) is 6.45. The molecule has 3 rings (SSSR count). The van der Waals surface area contributed by atoms with Gasteiger partial charge in [-0.25, -0.2) is 0 Å². The van der Waals surface area contributed by atoms with E-state index in [2.05, 4.69) is 62.4 Å². The van der Waals surface area contributed by atoms with Crippen LogP contribution in [0.3, 0.4) is 0 Å². The fourth-order valence-electron chi connectivity index (χ4n) is 3.13. The molecule has 0 aromatic heterocycles. The lowest BCUT2D eigenvalue weighted by Gasteiger charge is -2.14. The Morgan fingerprint density at radius 2 is 1.12 bits per heavy atom. The van der Waals surface area contributed by atoms with Gasteiger partial charge in [-0.3, -0.25) is 0 Å². The molecule has 0 aliphatic heterocycles. The van der Waals surface area contributed by atoms with E-state index in [9.17, 15) is 0 Å². The number of hydrogen-bond donors (Lipinski definition) is 0. The van der Waals surface area contributed by atoms with Crippen molar-refractivity contribution in [2.45, 2.75) is 32.1 Å². The molecular formula is C17H18. The van der Waals surface area contributed by atoms with Crippen molar-refractivity contribution < 1.29 is 0 Å². The number of fused-ring (bicyclic) bond motifs is 3. The van der Waals surface area contributed by atoms with Crippen LogP contribution in [0.2, 0.25) is 0 Å². The Morgan fingerprint density at radius 3 is 1.59 bits per heavy atom. The molecule has 17 heavy (non-hydrogen) atoms. The summed E-state index contributed by atoms with van der Waals surface area (Å²) in [4.78, 5) is 0. The summed E-state index contributed by atoms with van der Waals surface area (Å²) in [6, 6.07) is 17.7. The monoisotopic (exact) mass is 222 g/mol. The molecule has 0 saturated carbocycles. The molecule has 0 N–H and O–H groups in total. The van der Waals surface area contributed by atoms with Crippen molar-refractivity contribution in [3.8, 4) is 11.1 Å². The third kappa shape index (κ3) is 1.68. The number of benzene rings is 2. The molecule has 2 atom stereocenters. The van der Waals surface area contributed by atoms with Gasteiger partial charge in [0.1, 0.15) is 0 Å². The molecule has 0 heterocycles. The first kappa shape index (κ1) is 10.6. The van der Waals surface area contributed by atoms with Gasteiger partial charge in [0.25, 0.3) is 0 Å². The topological polar surface area (TPSA) is 0 Å². The standard InChI is InChI=1S/C17H18/c1-12-11-13(2)15-8-4-6-10-17(15)16-9-5-3-7-14(12)16/h3-10,12-13H,11H2,1-2H3. The van der Waals surface area contributed by atoms with Gasteiger partial charge in [0.2, 0.25) is 0 Å². The van der Waals surface area contributed by atoms with Gasteiger partial charge in [-0.1, -0.05) is 62.4 Å². The first-order chi connectivity index (χ1) is 8.27. The lowest BCUT2D eigenvalue weighted by atomic mass is 9.90. The normalized spacial score (nSPS) is 22.5. The van der Waals surface area contributed by atoms with Gasteiger partial charge in [-0.2, -0.15) is 0 Å². The first-order valence-corrected chi connectivity index (χ1v) is 6.45. The molecule has 86 valence electrons. The van der Waals surface area contributed by atoms with E-state index >= 15 is 0 Å². The minimum absolute atomic E-state index is 0.647. The highest BCUT2D eigenvalue weighted by molar-refractivity contribution is 5.72. The molecule has 0 radical (unpaired) electrons. The molecule has 0 fully saturated rings. The van der Waals surface area contributed by atoms with Gasteiger partial charge in [0.15, 0.2) is 0 Å². The van der Waals surface area contributed by atoms with Gasteiger partial charge in [-0.05, 0) is 40.5 Å². The summed E-state index contributed by atoms with van der Waals surface area (Å²) in [5.41, 5.74) is 5.87. The van der Waals surface area contributed by atoms with Crippen LogP contribution in [0.4, 0.5) is 0 Å². The zero-order valence-corrected chi connectivity index (χ0v) is 10.5. The maximum absolute atomic E-state index is 2.35.